The summed E-state index contributed by atoms with van der Waals surface area (Å²) in [4.78, 5) is 25.6. The minimum Gasteiger partial charge on any atom is -0.480 e. The van der Waals surface area contributed by atoms with E-state index in [4.69, 9.17) is 4.74 Å². The summed E-state index contributed by atoms with van der Waals surface area (Å²) in [6, 6.07) is 6.88. The van der Waals surface area contributed by atoms with Crippen LogP contribution in [0.2, 0.25) is 0 Å². The van der Waals surface area contributed by atoms with Crippen molar-refractivity contribution < 1.29 is 19.4 Å². The second kappa shape index (κ2) is 4.88. The number of anilines is 1. The Bertz CT molecular complexity index is 667. The van der Waals surface area contributed by atoms with Gasteiger partial charge in [-0.15, -0.1) is 0 Å². The van der Waals surface area contributed by atoms with Gasteiger partial charge in [-0.2, -0.15) is 0 Å². The number of carboxylic acid groups (broad SMARTS) is 1. The number of ether oxygens (including phenoxy) is 1. The number of carbonyl (C=O) groups excluding carboxylic acids is 1. The zero-order valence-electron chi connectivity index (χ0n) is 13.8. The normalized spacial score (nSPS) is 28.8. The number of benzene rings is 1. The van der Waals surface area contributed by atoms with Crippen LogP contribution < -0.4 is 5.32 Å². The molecule has 6 nitrogen and oxygen atoms in total. The zero-order chi connectivity index (χ0) is 17.0. The number of aliphatic carboxylic acids is 1. The summed E-state index contributed by atoms with van der Waals surface area (Å²) >= 11 is 0. The van der Waals surface area contributed by atoms with E-state index in [2.05, 4.69) is 5.32 Å². The van der Waals surface area contributed by atoms with Crippen molar-refractivity contribution in [3.8, 4) is 0 Å². The Morgan fingerprint density at radius 2 is 2.00 bits per heavy atom. The van der Waals surface area contributed by atoms with E-state index >= 15 is 0 Å². The molecule has 124 valence electrons. The lowest BCUT2D eigenvalue weighted by Gasteiger charge is -2.32. The van der Waals surface area contributed by atoms with Crippen LogP contribution in [0.15, 0.2) is 24.3 Å². The van der Waals surface area contributed by atoms with Crippen LogP contribution in [0.3, 0.4) is 0 Å². The van der Waals surface area contributed by atoms with E-state index < -0.39 is 35.3 Å². The van der Waals surface area contributed by atoms with E-state index in [1.165, 1.54) is 4.90 Å². The lowest BCUT2D eigenvalue weighted by Crippen LogP contribution is -2.51. The maximum absolute atomic E-state index is 12.6. The number of likely N-dealkylation sites (tertiary alicyclic amines) is 1. The van der Waals surface area contributed by atoms with Gasteiger partial charge in [-0.25, -0.2) is 9.59 Å². The fourth-order valence-electron chi connectivity index (χ4n) is 3.59. The fourth-order valence-corrected chi connectivity index (χ4v) is 3.59. The molecule has 1 aromatic carbocycles. The van der Waals surface area contributed by atoms with Gasteiger partial charge in [0, 0.05) is 11.1 Å². The highest BCUT2D eigenvalue weighted by molar-refractivity contribution is 5.83. The van der Waals surface area contributed by atoms with Crippen LogP contribution in [0.1, 0.15) is 39.7 Å². The highest BCUT2D eigenvalue weighted by atomic mass is 16.6. The number of para-hydroxylation sites is 1. The third-order valence-electron chi connectivity index (χ3n) is 4.56. The molecule has 2 heterocycles. The van der Waals surface area contributed by atoms with Crippen LogP contribution in [-0.4, -0.2) is 39.9 Å². The highest BCUT2D eigenvalue weighted by Gasteiger charge is 2.59. The Morgan fingerprint density at radius 1 is 1.35 bits per heavy atom. The molecular weight excluding hydrogens is 296 g/mol. The van der Waals surface area contributed by atoms with Gasteiger partial charge in [0.25, 0.3) is 0 Å². The molecule has 2 aliphatic rings. The van der Waals surface area contributed by atoms with Crippen LogP contribution in [-0.2, 0) is 14.9 Å². The molecule has 6 heteroatoms. The molecule has 1 amide bonds. The average molecular weight is 318 g/mol. The number of amides is 1. The predicted octanol–water partition coefficient (Wildman–Crippen LogP) is 2.79. The molecule has 2 aliphatic heterocycles. The summed E-state index contributed by atoms with van der Waals surface area (Å²) in [5.74, 6) is -1.01. The number of hydrogen-bond acceptors (Lipinski definition) is 4. The molecule has 0 spiro atoms. The molecule has 3 atom stereocenters. The highest BCUT2D eigenvalue weighted by Crippen LogP contribution is 2.50. The summed E-state index contributed by atoms with van der Waals surface area (Å²) in [6.45, 7) is 7.31. The number of nitrogens with zero attached hydrogens (tertiary/aromatic N) is 1. The summed E-state index contributed by atoms with van der Waals surface area (Å²) in [5, 5.41) is 12.9. The van der Waals surface area contributed by atoms with Gasteiger partial charge in [-0.1, -0.05) is 25.1 Å². The first-order chi connectivity index (χ1) is 10.6. The zero-order valence-corrected chi connectivity index (χ0v) is 13.8. The van der Waals surface area contributed by atoms with E-state index in [-0.39, 0.29) is 0 Å². The summed E-state index contributed by atoms with van der Waals surface area (Å²) < 4.78 is 5.44. The van der Waals surface area contributed by atoms with E-state index in [9.17, 15) is 14.7 Å². The van der Waals surface area contributed by atoms with Gasteiger partial charge in [-0.05, 0) is 38.8 Å². The topological polar surface area (TPSA) is 78.9 Å². The summed E-state index contributed by atoms with van der Waals surface area (Å²) in [6.07, 6.45) is -0.661. The summed E-state index contributed by atoms with van der Waals surface area (Å²) in [7, 11) is 0. The van der Waals surface area contributed by atoms with Gasteiger partial charge in [-0.3, -0.25) is 4.90 Å². The van der Waals surface area contributed by atoms with Gasteiger partial charge >= 0.3 is 12.1 Å². The molecule has 2 N–H and O–H groups in total. The number of rotatable bonds is 1. The summed E-state index contributed by atoms with van der Waals surface area (Å²) in [5.41, 5.74) is 0.862. The maximum atomic E-state index is 12.6. The quantitative estimate of drug-likeness (QED) is 0.832. The predicted molar refractivity (Wildman–Crippen MR) is 85.3 cm³/mol. The molecule has 1 aromatic rings. The Kier molecular flexibility index (Phi) is 3.32. The van der Waals surface area contributed by atoms with Crippen molar-refractivity contribution in [1.29, 1.82) is 0 Å². The van der Waals surface area contributed by atoms with Gasteiger partial charge in [0.2, 0.25) is 0 Å². The first kappa shape index (κ1) is 15.6. The van der Waals surface area contributed by atoms with Gasteiger partial charge in [0.15, 0.2) is 0 Å². The second-order valence-electron chi connectivity index (χ2n) is 7.46. The lowest BCUT2D eigenvalue weighted by molar-refractivity contribution is -0.142. The van der Waals surface area contributed by atoms with E-state index in [1.807, 2.05) is 31.2 Å². The molecular formula is C17H22N2O4. The number of carbonyl (C=O) groups is 2. The molecule has 23 heavy (non-hydrogen) atoms. The Balaban J connectivity index is 1.99. The Labute approximate surface area is 135 Å². The average Bonchev–Trinajstić information content (AvgIpc) is 2.86. The Hall–Kier alpha value is -2.24. The van der Waals surface area contributed by atoms with E-state index in [0.717, 1.165) is 11.3 Å². The van der Waals surface area contributed by atoms with Crippen molar-refractivity contribution in [2.75, 3.05) is 5.32 Å². The van der Waals surface area contributed by atoms with Crippen molar-refractivity contribution in [3.05, 3.63) is 29.8 Å². The molecule has 0 bridgehead atoms. The van der Waals surface area contributed by atoms with Crippen molar-refractivity contribution in [2.45, 2.75) is 57.3 Å². The fraction of sp³-hybridized carbons (Fsp3) is 0.529. The van der Waals surface area contributed by atoms with Crippen molar-refractivity contribution >= 4 is 17.7 Å². The monoisotopic (exact) mass is 318 g/mol. The number of fused-ring (bicyclic) bond motifs is 3. The molecule has 0 saturated carbocycles. The molecule has 0 aromatic heterocycles. The van der Waals surface area contributed by atoms with Crippen molar-refractivity contribution in [3.63, 3.8) is 0 Å². The molecule has 1 fully saturated rings. The van der Waals surface area contributed by atoms with Crippen molar-refractivity contribution in [1.82, 2.24) is 4.90 Å². The molecule has 3 rings (SSSR count). The van der Waals surface area contributed by atoms with Crippen molar-refractivity contribution in [2.24, 2.45) is 0 Å². The number of nitrogens with one attached hydrogen (secondary N) is 1. The molecule has 1 saturated heterocycles. The van der Waals surface area contributed by atoms with Crippen LogP contribution >= 0.6 is 0 Å². The smallest absolute Gasteiger partial charge is 0.412 e. The number of hydrogen-bond donors (Lipinski definition) is 2. The van der Waals surface area contributed by atoms with Crippen LogP contribution in [0, 0.1) is 0 Å². The minimum atomic E-state index is -1.01. The standard InChI is InChI=1S/C17H22N2O4/c1-16(2,3)23-15(22)19-12(13(20)21)9-17(4)10-7-5-6-8-11(10)18-14(17)19/h5-8,12,14,18H,9H2,1-4H3,(H,20,21)/t12-,14?,17?/m0/s1. The van der Waals surface area contributed by atoms with Gasteiger partial charge < -0.3 is 15.2 Å². The second-order valence-corrected chi connectivity index (χ2v) is 7.46. The van der Waals surface area contributed by atoms with E-state index in [0.29, 0.717) is 6.42 Å². The van der Waals surface area contributed by atoms with Crippen LogP contribution in [0.5, 0.6) is 0 Å². The van der Waals surface area contributed by atoms with Crippen LogP contribution in [0.25, 0.3) is 0 Å². The van der Waals surface area contributed by atoms with Gasteiger partial charge in [0.05, 0.1) is 0 Å². The molecule has 2 unspecified atom stereocenters. The lowest BCUT2D eigenvalue weighted by atomic mass is 9.80. The third kappa shape index (κ3) is 2.42. The molecule has 0 radical (unpaired) electrons. The van der Waals surface area contributed by atoms with E-state index in [1.54, 1.807) is 20.8 Å². The first-order valence-corrected chi connectivity index (χ1v) is 7.74. The van der Waals surface area contributed by atoms with Gasteiger partial charge in [0.1, 0.15) is 17.8 Å². The maximum Gasteiger partial charge on any atom is 0.412 e. The minimum absolute atomic E-state index is 0.357. The number of carboxylic acids is 1. The molecule has 0 aliphatic carbocycles. The van der Waals surface area contributed by atoms with Crippen LogP contribution in [0.4, 0.5) is 10.5 Å². The third-order valence-corrected chi connectivity index (χ3v) is 4.56. The first-order valence-electron chi connectivity index (χ1n) is 7.74. The SMILES string of the molecule is CC(C)(C)OC(=O)N1C2Nc3ccccc3C2(C)C[C@H]1C(=O)O. The largest absolute Gasteiger partial charge is 0.480 e. The Morgan fingerprint density at radius 3 is 2.61 bits per heavy atom.